The third-order valence-electron chi connectivity index (χ3n) is 3.34. The number of piperidine rings is 1. The Kier molecular flexibility index (Phi) is 6.52. The predicted molar refractivity (Wildman–Crippen MR) is 70.4 cm³/mol. The lowest BCUT2D eigenvalue weighted by Crippen LogP contribution is -2.45. The van der Waals surface area contributed by atoms with E-state index in [9.17, 15) is 0 Å². The maximum Gasteiger partial charge on any atom is 0.0688 e. The SMILES string of the molecule is C#CC(CCC)NC1CCN(CCC)CC1. The number of nitrogens with one attached hydrogen (secondary N) is 1. The van der Waals surface area contributed by atoms with Crippen LogP contribution < -0.4 is 5.32 Å². The summed E-state index contributed by atoms with van der Waals surface area (Å²) in [5, 5.41) is 3.61. The largest absolute Gasteiger partial charge is 0.303 e. The van der Waals surface area contributed by atoms with Gasteiger partial charge in [0.25, 0.3) is 0 Å². The van der Waals surface area contributed by atoms with E-state index in [-0.39, 0.29) is 6.04 Å². The number of nitrogens with zero attached hydrogens (tertiary/aromatic N) is 1. The number of rotatable bonds is 6. The van der Waals surface area contributed by atoms with E-state index >= 15 is 0 Å². The Balaban J connectivity index is 2.23. The highest BCUT2D eigenvalue weighted by atomic mass is 15.1. The molecule has 1 unspecified atom stereocenters. The second kappa shape index (κ2) is 7.70. The van der Waals surface area contributed by atoms with Crippen LogP contribution in [0.5, 0.6) is 0 Å². The molecule has 0 amide bonds. The van der Waals surface area contributed by atoms with Crippen molar-refractivity contribution in [2.24, 2.45) is 0 Å². The van der Waals surface area contributed by atoms with Gasteiger partial charge >= 0.3 is 0 Å². The first kappa shape index (κ1) is 13.5. The fraction of sp³-hybridized carbons (Fsp3) is 0.857. The van der Waals surface area contributed by atoms with Crippen molar-refractivity contribution >= 4 is 0 Å². The van der Waals surface area contributed by atoms with Gasteiger partial charge in [-0.2, -0.15) is 0 Å². The molecule has 0 aromatic rings. The molecule has 0 spiro atoms. The Labute approximate surface area is 101 Å². The number of terminal acetylenes is 1. The molecule has 1 N–H and O–H groups in total. The molecule has 1 rings (SSSR count). The highest BCUT2D eigenvalue weighted by Crippen LogP contribution is 2.12. The zero-order valence-corrected chi connectivity index (χ0v) is 10.8. The van der Waals surface area contributed by atoms with Crippen molar-refractivity contribution in [3.05, 3.63) is 0 Å². The van der Waals surface area contributed by atoms with Gasteiger partial charge in [-0.25, -0.2) is 0 Å². The summed E-state index contributed by atoms with van der Waals surface area (Å²) < 4.78 is 0. The minimum Gasteiger partial charge on any atom is -0.303 e. The lowest BCUT2D eigenvalue weighted by molar-refractivity contribution is 0.194. The van der Waals surface area contributed by atoms with Crippen molar-refractivity contribution < 1.29 is 0 Å². The Morgan fingerprint density at radius 3 is 2.50 bits per heavy atom. The first-order chi connectivity index (χ1) is 7.80. The van der Waals surface area contributed by atoms with Crippen LogP contribution in [-0.4, -0.2) is 36.6 Å². The van der Waals surface area contributed by atoms with Gasteiger partial charge in [0, 0.05) is 6.04 Å². The Morgan fingerprint density at radius 1 is 1.31 bits per heavy atom. The molecule has 16 heavy (non-hydrogen) atoms. The smallest absolute Gasteiger partial charge is 0.0688 e. The van der Waals surface area contributed by atoms with Crippen LogP contribution in [0.2, 0.25) is 0 Å². The summed E-state index contributed by atoms with van der Waals surface area (Å²) in [4.78, 5) is 2.56. The highest BCUT2D eigenvalue weighted by molar-refractivity contribution is 5.00. The molecule has 1 saturated heterocycles. The van der Waals surface area contributed by atoms with E-state index in [0.29, 0.717) is 6.04 Å². The van der Waals surface area contributed by atoms with Crippen LogP contribution in [0.3, 0.4) is 0 Å². The van der Waals surface area contributed by atoms with Crippen LogP contribution in [0.15, 0.2) is 0 Å². The topological polar surface area (TPSA) is 15.3 Å². The fourth-order valence-electron chi connectivity index (χ4n) is 2.43. The first-order valence-electron chi connectivity index (χ1n) is 6.74. The summed E-state index contributed by atoms with van der Waals surface area (Å²) in [5.41, 5.74) is 0. The van der Waals surface area contributed by atoms with Crippen molar-refractivity contribution in [1.82, 2.24) is 10.2 Å². The minimum atomic E-state index is 0.285. The highest BCUT2D eigenvalue weighted by Gasteiger charge is 2.19. The molecule has 0 saturated carbocycles. The number of hydrogen-bond donors (Lipinski definition) is 1. The van der Waals surface area contributed by atoms with Crippen molar-refractivity contribution in [1.29, 1.82) is 0 Å². The second-order valence-corrected chi connectivity index (χ2v) is 4.79. The van der Waals surface area contributed by atoms with E-state index in [1.807, 2.05) is 0 Å². The molecule has 1 fully saturated rings. The van der Waals surface area contributed by atoms with Crippen LogP contribution in [0.1, 0.15) is 46.0 Å². The van der Waals surface area contributed by atoms with Crippen LogP contribution in [0.4, 0.5) is 0 Å². The summed E-state index contributed by atoms with van der Waals surface area (Å²) in [5.74, 6) is 2.86. The van der Waals surface area contributed by atoms with Gasteiger partial charge in [-0.15, -0.1) is 6.42 Å². The van der Waals surface area contributed by atoms with E-state index in [1.54, 1.807) is 0 Å². The van der Waals surface area contributed by atoms with Gasteiger partial charge in [0.1, 0.15) is 0 Å². The molecule has 0 aromatic carbocycles. The number of likely N-dealkylation sites (tertiary alicyclic amines) is 1. The van der Waals surface area contributed by atoms with Gasteiger partial charge in [-0.05, 0) is 45.3 Å². The molecule has 1 aliphatic heterocycles. The van der Waals surface area contributed by atoms with Crippen molar-refractivity contribution in [2.45, 2.75) is 58.0 Å². The van der Waals surface area contributed by atoms with Gasteiger partial charge in [0.2, 0.25) is 0 Å². The minimum absolute atomic E-state index is 0.285. The lowest BCUT2D eigenvalue weighted by Gasteiger charge is -2.33. The Hall–Kier alpha value is -0.520. The molecule has 2 nitrogen and oxygen atoms in total. The maximum absolute atomic E-state index is 5.53. The van der Waals surface area contributed by atoms with Crippen molar-refractivity contribution in [3.8, 4) is 12.3 Å². The van der Waals surface area contributed by atoms with Crippen molar-refractivity contribution in [2.75, 3.05) is 19.6 Å². The van der Waals surface area contributed by atoms with Crippen molar-refractivity contribution in [3.63, 3.8) is 0 Å². The molecule has 0 aliphatic carbocycles. The molecule has 1 atom stereocenters. The normalized spacial score (nSPS) is 20.6. The molecule has 0 radical (unpaired) electrons. The van der Waals surface area contributed by atoms with Crippen LogP contribution >= 0.6 is 0 Å². The fourth-order valence-corrected chi connectivity index (χ4v) is 2.43. The Morgan fingerprint density at radius 2 is 2.00 bits per heavy atom. The average Bonchev–Trinajstić information content (AvgIpc) is 2.31. The van der Waals surface area contributed by atoms with Crippen LogP contribution in [-0.2, 0) is 0 Å². The lowest BCUT2D eigenvalue weighted by atomic mass is 10.0. The molecule has 1 heterocycles. The standard InChI is InChI=1S/C14H26N2/c1-4-7-13(6-3)15-14-8-11-16(10-5-2)12-9-14/h3,13-15H,4-5,7-12H2,1-2H3. The second-order valence-electron chi connectivity index (χ2n) is 4.79. The molecular formula is C14H26N2. The molecule has 0 bridgehead atoms. The zero-order valence-electron chi connectivity index (χ0n) is 10.8. The zero-order chi connectivity index (χ0) is 11.8. The first-order valence-corrected chi connectivity index (χ1v) is 6.74. The summed E-state index contributed by atoms with van der Waals surface area (Å²) >= 11 is 0. The molecule has 2 heteroatoms. The predicted octanol–water partition coefficient (Wildman–Crippen LogP) is 2.25. The summed E-state index contributed by atoms with van der Waals surface area (Å²) in [6.07, 6.45) is 11.6. The summed E-state index contributed by atoms with van der Waals surface area (Å²) in [6, 6.07) is 0.924. The molecule has 1 aliphatic rings. The summed E-state index contributed by atoms with van der Waals surface area (Å²) in [7, 11) is 0. The average molecular weight is 222 g/mol. The third-order valence-corrected chi connectivity index (χ3v) is 3.34. The third kappa shape index (κ3) is 4.55. The maximum atomic E-state index is 5.53. The van der Waals surface area contributed by atoms with Gasteiger partial charge in [0.05, 0.1) is 6.04 Å². The van der Waals surface area contributed by atoms with Gasteiger partial charge in [-0.3, -0.25) is 0 Å². The van der Waals surface area contributed by atoms with E-state index in [0.717, 1.165) is 12.8 Å². The molecule has 92 valence electrons. The van der Waals surface area contributed by atoms with E-state index in [2.05, 4.69) is 30.0 Å². The van der Waals surface area contributed by atoms with E-state index < -0.39 is 0 Å². The molecule has 0 aromatic heterocycles. The van der Waals surface area contributed by atoms with Gasteiger partial charge in [0.15, 0.2) is 0 Å². The number of hydrogen-bond acceptors (Lipinski definition) is 2. The monoisotopic (exact) mass is 222 g/mol. The quantitative estimate of drug-likeness (QED) is 0.694. The summed E-state index contributed by atoms with van der Waals surface area (Å²) in [6.45, 7) is 8.15. The van der Waals surface area contributed by atoms with Gasteiger partial charge < -0.3 is 10.2 Å². The van der Waals surface area contributed by atoms with Crippen LogP contribution in [0.25, 0.3) is 0 Å². The Bertz CT molecular complexity index is 211. The van der Waals surface area contributed by atoms with E-state index in [4.69, 9.17) is 6.42 Å². The van der Waals surface area contributed by atoms with Gasteiger partial charge in [-0.1, -0.05) is 26.2 Å². The van der Waals surface area contributed by atoms with Crippen LogP contribution in [0, 0.1) is 12.3 Å². The molecular weight excluding hydrogens is 196 g/mol. The van der Waals surface area contributed by atoms with E-state index in [1.165, 1.54) is 38.9 Å².